The van der Waals surface area contributed by atoms with Gasteiger partial charge in [0.25, 0.3) is 0 Å². The number of para-hydroxylation sites is 2. The molecule has 4 N–H and O–H groups in total. The minimum Gasteiger partial charge on any atom is -0.334 e. The van der Waals surface area contributed by atoms with Crippen LogP contribution in [0.2, 0.25) is 0 Å². The minimum absolute atomic E-state index is 0.105. The molecule has 0 saturated heterocycles. The largest absolute Gasteiger partial charge is 0.334 e. The van der Waals surface area contributed by atoms with E-state index in [0.717, 1.165) is 11.3 Å². The van der Waals surface area contributed by atoms with Crippen molar-refractivity contribution < 1.29 is 13.2 Å². The number of sulfonamides is 1. The molecule has 0 fully saturated rings. The summed E-state index contributed by atoms with van der Waals surface area (Å²) in [6.07, 6.45) is 1.60. The topological polar surface area (TPSA) is 125 Å². The van der Waals surface area contributed by atoms with Gasteiger partial charge in [0.2, 0.25) is 10.0 Å². The number of H-pyrrole nitrogens is 1. The lowest BCUT2D eigenvalue weighted by Crippen LogP contribution is -2.29. The molecule has 158 valence electrons. The normalized spacial score (nSPS) is 11.3. The molecule has 10 heteroatoms. The van der Waals surface area contributed by atoms with E-state index < -0.39 is 16.1 Å². The quantitative estimate of drug-likeness (QED) is 0.457. The predicted molar refractivity (Wildman–Crippen MR) is 115 cm³/mol. The summed E-state index contributed by atoms with van der Waals surface area (Å²) in [4.78, 5) is 27.0. The van der Waals surface area contributed by atoms with Gasteiger partial charge in [0, 0.05) is 18.4 Å². The van der Waals surface area contributed by atoms with Gasteiger partial charge in [-0.25, -0.2) is 22.7 Å². The molecule has 2 aromatic carbocycles. The van der Waals surface area contributed by atoms with Crippen molar-refractivity contribution in [3.05, 3.63) is 82.0 Å². The Bertz CT molecular complexity index is 1200. The number of benzene rings is 2. The molecule has 0 bridgehead atoms. The van der Waals surface area contributed by atoms with Crippen molar-refractivity contribution in [1.29, 1.82) is 0 Å². The van der Waals surface area contributed by atoms with Crippen LogP contribution in [0.15, 0.2) is 59.5 Å². The van der Waals surface area contributed by atoms with Gasteiger partial charge in [-0.3, -0.25) is 4.57 Å². The number of hydrogen-bond donors (Lipinski definition) is 4. The highest BCUT2D eigenvalue weighted by atomic mass is 32.2. The molecular weight excluding hydrogens is 406 g/mol. The number of rotatable bonds is 7. The average Bonchev–Trinajstić information content (AvgIpc) is 3.06. The Morgan fingerprint density at radius 2 is 1.73 bits per heavy atom. The Morgan fingerprint density at radius 1 is 1.07 bits per heavy atom. The molecule has 0 saturated carbocycles. The fraction of sp³-hybridized carbons (Fsp3) is 0.200. The maximum atomic E-state index is 12.4. The summed E-state index contributed by atoms with van der Waals surface area (Å²) in [6.45, 7) is 2.05. The van der Waals surface area contributed by atoms with E-state index in [4.69, 9.17) is 0 Å². The van der Waals surface area contributed by atoms with E-state index in [1.807, 2.05) is 0 Å². The maximum Gasteiger partial charge on any atom is 0.330 e. The lowest BCUT2D eigenvalue weighted by molar-refractivity contribution is 0.251. The monoisotopic (exact) mass is 429 g/mol. The minimum atomic E-state index is -3.33. The van der Waals surface area contributed by atoms with E-state index in [2.05, 4.69) is 20.3 Å². The van der Waals surface area contributed by atoms with Crippen molar-refractivity contribution in [1.82, 2.24) is 19.6 Å². The van der Waals surface area contributed by atoms with Crippen molar-refractivity contribution in [2.24, 2.45) is 0 Å². The van der Waals surface area contributed by atoms with Crippen molar-refractivity contribution in [2.75, 3.05) is 12.4 Å². The lowest BCUT2D eigenvalue weighted by Gasteiger charge is -2.13. The first kappa shape index (κ1) is 21.3. The summed E-state index contributed by atoms with van der Waals surface area (Å²) >= 11 is 0. The molecular formula is C20H23N5O4S. The Hall–Kier alpha value is -3.37. The zero-order valence-electron chi connectivity index (χ0n) is 16.6. The highest BCUT2D eigenvalue weighted by Crippen LogP contribution is 2.19. The number of imidazole rings is 1. The van der Waals surface area contributed by atoms with Crippen molar-refractivity contribution in [2.45, 2.75) is 19.2 Å². The average molecular weight is 430 g/mol. The molecule has 0 aliphatic rings. The summed E-state index contributed by atoms with van der Waals surface area (Å²) in [5, 5.41) is 5.51. The van der Waals surface area contributed by atoms with E-state index >= 15 is 0 Å². The van der Waals surface area contributed by atoms with Gasteiger partial charge in [0.15, 0.2) is 0 Å². The van der Waals surface area contributed by atoms with Crippen LogP contribution in [-0.4, -0.2) is 31.0 Å². The van der Waals surface area contributed by atoms with Gasteiger partial charge in [-0.1, -0.05) is 36.4 Å². The highest BCUT2D eigenvalue weighted by molar-refractivity contribution is 7.88. The number of anilines is 1. The number of aromatic amines is 1. The molecule has 3 aromatic rings. The van der Waals surface area contributed by atoms with Gasteiger partial charge >= 0.3 is 11.7 Å². The predicted octanol–water partition coefficient (Wildman–Crippen LogP) is 1.84. The molecule has 3 rings (SSSR count). The molecule has 1 heterocycles. The Balaban J connectivity index is 1.64. The number of aryl methyl sites for hydroxylation is 1. The summed E-state index contributed by atoms with van der Waals surface area (Å²) in [6, 6.07) is 13.5. The molecule has 0 aliphatic carbocycles. The third kappa shape index (κ3) is 5.16. The smallest absolute Gasteiger partial charge is 0.330 e. The van der Waals surface area contributed by atoms with Crippen LogP contribution in [0.4, 0.5) is 10.5 Å². The molecule has 0 radical (unpaired) electrons. The molecule has 1 aromatic heterocycles. The number of urea groups is 1. The number of nitrogens with one attached hydrogen (secondary N) is 4. The Kier molecular flexibility index (Phi) is 6.38. The SMILES string of the molecule is CNS(=O)(=O)Cc1ccc(CNC(=O)Nc2ccccc2-n2c(C)c[nH]c2=O)cc1. The first-order valence-electron chi connectivity index (χ1n) is 9.19. The molecule has 30 heavy (non-hydrogen) atoms. The van der Waals surface area contributed by atoms with Crippen LogP contribution in [0.1, 0.15) is 16.8 Å². The van der Waals surface area contributed by atoms with Crippen LogP contribution < -0.4 is 21.0 Å². The van der Waals surface area contributed by atoms with Gasteiger partial charge < -0.3 is 15.6 Å². The Morgan fingerprint density at radius 3 is 2.37 bits per heavy atom. The van der Waals surface area contributed by atoms with Gasteiger partial charge in [0.05, 0.1) is 17.1 Å². The van der Waals surface area contributed by atoms with Crippen LogP contribution in [0.25, 0.3) is 5.69 Å². The number of aromatic nitrogens is 2. The van der Waals surface area contributed by atoms with Crippen LogP contribution in [0.5, 0.6) is 0 Å². The third-order valence-electron chi connectivity index (χ3n) is 4.50. The zero-order chi connectivity index (χ0) is 21.7. The van der Waals surface area contributed by atoms with E-state index in [1.165, 1.54) is 11.6 Å². The molecule has 9 nitrogen and oxygen atoms in total. The highest BCUT2D eigenvalue weighted by Gasteiger charge is 2.12. The van der Waals surface area contributed by atoms with Gasteiger partial charge in [-0.15, -0.1) is 0 Å². The molecule has 0 unspecified atom stereocenters. The van der Waals surface area contributed by atoms with Crippen LogP contribution in [0, 0.1) is 6.92 Å². The van der Waals surface area contributed by atoms with Gasteiger partial charge in [-0.05, 0) is 37.2 Å². The van der Waals surface area contributed by atoms with Gasteiger partial charge in [-0.2, -0.15) is 0 Å². The van der Waals surface area contributed by atoms with E-state index in [-0.39, 0.29) is 18.0 Å². The van der Waals surface area contributed by atoms with Gasteiger partial charge in [0.1, 0.15) is 0 Å². The fourth-order valence-electron chi connectivity index (χ4n) is 2.92. The molecule has 2 amide bonds. The summed E-state index contributed by atoms with van der Waals surface area (Å²) < 4.78 is 26.9. The lowest BCUT2D eigenvalue weighted by atomic mass is 10.1. The molecule has 0 spiro atoms. The second kappa shape index (κ2) is 8.97. The van der Waals surface area contributed by atoms with E-state index in [1.54, 1.807) is 61.7 Å². The first-order valence-corrected chi connectivity index (χ1v) is 10.8. The third-order valence-corrected chi connectivity index (χ3v) is 5.83. The molecule has 0 aliphatic heterocycles. The summed E-state index contributed by atoms with van der Waals surface area (Å²) in [5.41, 5.74) is 2.96. The first-order chi connectivity index (χ1) is 14.3. The number of hydrogen-bond acceptors (Lipinski definition) is 4. The van der Waals surface area contributed by atoms with Crippen molar-refractivity contribution in [3.8, 4) is 5.69 Å². The number of carbonyl (C=O) groups excluding carboxylic acids is 1. The standard InChI is InChI=1S/C20H23N5O4S/c1-14-11-23-20(27)25(14)18-6-4-3-5-17(18)24-19(26)22-12-15-7-9-16(10-8-15)13-30(28,29)21-2/h3-11,21H,12-13H2,1-2H3,(H,23,27)(H2,22,24,26). The zero-order valence-corrected chi connectivity index (χ0v) is 17.4. The second-order valence-corrected chi connectivity index (χ2v) is 8.60. The van der Waals surface area contributed by atoms with Crippen LogP contribution >= 0.6 is 0 Å². The number of amides is 2. The van der Waals surface area contributed by atoms with E-state index in [0.29, 0.717) is 16.9 Å². The number of nitrogens with zero attached hydrogens (tertiary/aromatic N) is 1. The van der Waals surface area contributed by atoms with E-state index in [9.17, 15) is 18.0 Å². The molecule has 0 atom stereocenters. The maximum absolute atomic E-state index is 12.4. The summed E-state index contributed by atoms with van der Waals surface area (Å²) in [5.74, 6) is -0.105. The second-order valence-electron chi connectivity index (χ2n) is 6.68. The summed E-state index contributed by atoms with van der Waals surface area (Å²) in [7, 11) is -1.96. The Labute approximate surface area is 174 Å². The fourth-order valence-corrected chi connectivity index (χ4v) is 3.70. The van der Waals surface area contributed by atoms with Crippen molar-refractivity contribution in [3.63, 3.8) is 0 Å². The van der Waals surface area contributed by atoms with Crippen LogP contribution in [-0.2, 0) is 22.3 Å². The van der Waals surface area contributed by atoms with Crippen LogP contribution in [0.3, 0.4) is 0 Å². The number of carbonyl (C=O) groups is 1. The van der Waals surface area contributed by atoms with Crippen molar-refractivity contribution >= 4 is 21.7 Å².